The Kier molecular flexibility index (Phi) is 4.32. The van der Waals surface area contributed by atoms with Gasteiger partial charge in [0.1, 0.15) is 6.29 Å². The van der Waals surface area contributed by atoms with E-state index in [1.165, 1.54) is 0 Å². The Morgan fingerprint density at radius 3 is 2.87 bits per heavy atom. The van der Waals surface area contributed by atoms with Crippen molar-refractivity contribution in [1.29, 1.82) is 5.26 Å². The summed E-state index contributed by atoms with van der Waals surface area (Å²) >= 11 is 3.40. The van der Waals surface area contributed by atoms with Gasteiger partial charge in [-0.15, -0.1) is 0 Å². The molecule has 1 aromatic carbocycles. The van der Waals surface area contributed by atoms with Gasteiger partial charge in [-0.05, 0) is 34.1 Å². The van der Waals surface area contributed by atoms with Crippen LogP contribution >= 0.6 is 15.9 Å². The zero-order valence-corrected chi connectivity index (χ0v) is 9.99. The first-order chi connectivity index (χ1) is 7.19. The van der Waals surface area contributed by atoms with Crippen LogP contribution in [0.1, 0.15) is 16.8 Å². The predicted octanol–water partition coefficient (Wildman–Crippen LogP) is 2.61. The van der Waals surface area contributed by atoms with Crippen LogP contribution in [-0.4, -0.2) is 19.9 Å². The average molecular weight is 267 g/mol. The van der Waals surface area contributed by atoms with Crippen LogP contribution in [0.5, 0.6) is 0 Å². The Morgan fingerprint density at radius 2 is 2.33 bits per heavy atom. The second-order valence-electron chi connectivity index (χ2n) is 3.16. The highest BCUT2D eigenvalue weighted by Gasteiger charge is 2.05. The summed E-state index contributed by atoms with van der Waals surface area (Å²) in [5.41, 5.74) is 1.62. The minimum Gasteiger partial charge on any atom is -0.373 e. The van der Waals surface area contributed by atoms with Gasteiger partial charge < -0.3 is 4.90 Å². The quantitative estimate of drug-likeness (QED) is 0.787. The van der Waals surface area contributed by atoms with E-state index in [9.17, 15) is 4.79 Å². The SMILES string of the molecule is CN(CCC#N)c1ccc(C=O)cc1Br. The summed E-state index contributed by atoms with van der Waals surface area (Å²) < 4.78 is 0.868. The maximum Gasteiger partial charge on any atom is 0.150 e. The molecule has 0 atom stereocenters. The molecule has 0 radical (unpaired) electrons. The Morgan fingerprint density at radius 1 is 1.60 bits per heavy atom. The van der Waals surface area contributed by atoms with Gasteiger partial charge in [-0.2, -0.15) is 5.26 Å². The molecule has 1 aromatic rings. The van der Waals surface area contributed by atoms with Crippen LogP contribution in [0, 0.1) is 11.3 Å². The Bertz CT molecular complexity index is 398. The highest BCUT2D eigenvalue weighted by atomic mass is 79.9. The molecule has 0 heterocycles. The Hall–Kier alpha value is -1.34. The van der Waals surface area contributed by atoms with Crippen LogP contribution in [0.25, 0.3) is 0 Å². The monoisotopic (exact) mass is 266 g/mol. The number of aldehydes is 1. The zero-order chi connectivity index (χ0) is 11.3. The van der Waals surface area contributed by atoms with E-state index in [0.717, 1.165) is 16.4 Å². The first-order valence-electron chi connectivity index (χ1n) is 4.52. The fourth-order valence-corrected chi connectivity index (χ4v) is 1.94. The summed E-state index contributed by atoms with van der Waals surface area (Å²) in [4.78, 5) is 12.5. The number of hydrogen-bond acceptors (Lipinski definition) is 3. The fourth-order valence-electron chi connectivity index (χ4n) is 1.24. The molecule has 78 valence electrons. The van der Waals surface area contributed by atoms with Gasteiger partial charge in [-0.3, -0.25) is 4.79 Å². The summed E-state index contributed by atoms with van der Waals surface area (Å²) in [7, 11) is 1.91. The van der Waals surface area contributed by atoms with E-state index in [1.807, 2.05) is 18.0 Å². The molecule has 0 aliphatic carbocycles. The zero-order valence-electron chi connectivity index (χ0n) is 8.40. The van der Waals surface area contributed by atoms with Gasteiger partial charge >= 0.3 is 0 Å². The molecule has 0 bridgehead atoms. The van der Waals surface area contributed by atoms with Crippen molar-refractivity contribution < 1.29 is 4.79 Å². The molecule has 0 saturated heterocycles. The number of benzene rings is 1. The van der Waals surface area contributed by atoms with E-state index in [4.69, 9.17) is 5.26 Å². The molecular formula is C11H11BrN2O. The maximum atomic E-state index is 10.5. The van der Waals surface area contributed by atoms with Crippen LogP contribution < -0.4 is 4.90 Å². The predicted molar refractivity (Wildman–Crippen MR) is 63.0 cm³/mol. The molecule has 0 amide bonds. The lowest BCUT2D eigenvalue weighted by Gasteiger charge is -2.19. The molecule has 4 heteroatoms. The largest absolute Gasteiger partial charge is 0.373 e. The van der Waals surface area contributed by atoms with Crippen LogP contribution in [0.2, 0.25) is 0 Å². The smallest absolute Gasteiger partial charge is 0.150 e. The third kappa shape index (κ3) is 3.07. The molecule has 3 nitrogen and oxygen atoms in total. The lowest BCUT2D eigenvalue weighted by atomic mass is 10.2. The van der Waals surface area contributed by atoms with Crippen molar-refractivity contribution in [2.75, 3.05) is 18.5 Å². The van der Waals surface area contributed by atoms with Crippen LogP contribution in [0.3, 0.4) is 0 Å². The second kappa shape index (κ2) is 5.52. The molecule has 15 heavy (non-hydrogen) atoms. The summed E-state index contributed by atoms with van der Waals surface area (Å²) in [6.45, 7) is 0.676. The lowest BCUT2D eigenvalue weighted by molar-refractivity contribution is 0.112. The average Bonchev–Trinajstić information content (AvgIpc) is 2.25. The van der Waals surface area contributed by atoms with Crippen molar-refractivity contribution in [1.82, 2.24) is 0 Å². The van der Waals surface area contributed by atoms with E-state index in [1.54, 1.807) is 12.1 Å². The van der Waals surface area contributed by atoms with Gasteiger partial charge in [-0.1, -0.05) is 0 Å². The van der Waals surface area contributed by atoms with E-state index < -0.39 is 0 Å². The third-order valence-corrected chi connectivity index (χ3v) is 2.71. The fraction of sp³-hybridized carbons (Fsp3) is 0.273. The van der Waals surface area contributed by atoms with Gasteiger partial charge in [0.25, 0.3) is 0 Å². The van der Waals surface area contributed by atoms with Gasteiger partial charge in [0.2, 0.25) is 0 Å². The first-order valence-corrected chi connectivity index (χ1v) is 5.31. The number of hydrogen-bond donors (Lipinski definition) is 0. The number of nitrogens with zero attached hydrogens (tertiary/aromatic N) is 2. The van der Waals surface area contributed by atoms with Gasteiger partial charge in [0.15, 0.2) is 0 Å². The molecule has 1 rings (SSSR count). The van der Waals surface area contributed by atoms with Crippen LogP contribution in [0.15, 0.2) is 22.7 Å². The third-order valence-electron chi connectivity index (χ3n) is 2.08. The highest BCUT2D eigenvalue weighted by Crippen LogP contribution is 2.26. The maximum absolute atomic E-state index is 10.5. The topological polar surface area (TPSA) is 44.1 Å². The van der Waals surface area contributed by atoms with E-state index >= 15 is 0 Å². The standard InChI is InChI=1S/C11H11BrN2O/c1-14(6-2-5-13)11-4-3-9(8-15)7-10(11)12/h3-4,7-8H,2,6H2,1H3. The van der Waals surface area contributed by atoms with Gasteiger partial charge in [-0.25, -0.2) is 0 Å². The van der Waals surface area contributed by atoms with Crippen molar-refractivity contribution in [3.63, 3.8) is 0 Å². The number of halogens is 1. The molecule has 0 aliphatic heterocycles. The molecule has 0 unspecified atom stereocenters. The summed E-state index contributed by atoms with van der Waals surface area (Å²) in [6, 6.07) is 7.49. The van der Waals surface area contributed by atoms with Gasteiger partial charge in [0, 0.05) is 23.6 Å². The molecule has 0 aromatic heterocycles. The van der Waals surface area contributed by atoms with Crippen molar-refractivity contribution in [3.05, 3.63) is 28.2 Å². The molecule has 0 aliphatic rings. The van der Waals surface area contributed by atoms with Crippen molar-refractivity contribution in [3.8, 4) is 6.07 Å². The van der Waals surface area contributed by atoms with Crippen molar-refractivity contribution in [2.24, 2.45) is 0 Å². The van der Waals surface area contributed by atoms with Crippen molar-refractivity contribution >= 4 is 27.9 Å². The normalized spacial score (nSPS) is 9.40. The minimum atomic E-state index is 0.484. The van der Waals surface area contributed by atoms with Crippen LogP contribution in [-0.2, 0) is 0 Å². The Labute approximate surface area is 97.4 Å². The molecular weight excluding hydrogens is 256 g/mol. The van der Waals surface area contributed by atoms with Crippen LogP contribution in [0.4, 0.5) is 5.69 Å². The lowest BCUT2D eigenvalue weighted by Crippen LogP contribution is -2.18. The summed E-state index contributed by atoms with van der Waals surface area (Å²) in [5, 5.41) is 8.48. The molecule has 0 fully saturated rings. The Balaban J connectivity index is 2.86. The number of carbonyl (C=O) groups is 1. The minimum absolute atomic E-state index is 0.484. The number of rotatable bonds is 4. The molecule has 0 spiro atoms. The number of anilines is 1. The summed E-state index contributed by atoms with van der Waals surface area (Å²) in [6.07, 6.45) is 1.29. The second-order valence-corrected chi connectivity index (χ2v) is 4.01. The van der Waals surface area contributed by atoms with Gasteiger partial charge in [0.05, 0.1) is 18.2 Å². The molecule has 0 saturated carbocycles. The number of carbonyl (C=O) groups excluding carboxylic acids is 1. The molecule has 0 N–H and O–H groups in total. The van der Waals surface area contributed by atoms with E-state index in [-0.39, 0.29) is 0 Å². The van der Waals surface area contributed by atoms with Crippen molar-refractivity contribution in [2.45, 2.75) is 6.42 Å². The number of nitriles is 1. The first kappa shape index (κ1) is 11.7. The van der Waals surface area contributed by atoms with E-state index in [0.29, 0.717) is 18.5 Å². The summed E-state index contributed by atoms with van der Waals surface area (Å²) in [5.74, 6) is 0. The van der Waals surface area contributed by atoms with E-state index in [2.05, 4.69) is 22.0 Å². The highest BCUT2D eigenvalue weighted by molar-refractivity contribution is 9.10.